The van der Waals surface area contributed by atoms with Crippen molar-refractivity contribution < 1.29 is 19.4 Å². The number of carbonyl (C=O) groups excluding carboxylic acids is 1. The molecule has 1 aromatic rings. The van der Waals surface area contributed by atoms with Crippen molar-refractivity contribution in [3.05, 3.63) is 18.1 Å². The Kier molecular flexibility index (Phi) is 3.83. The molecular weight excluding hydrogens is 274 g/mol. The predicted octanol–water partition coefficient (Wildman–Crippen LogP) is 0.890. The van der Waals surface area contributed by atoms with E-state index < -0.39 is 5.97 Å². The summed E-state index contributed by atoms with van der Waals surface area (Å²) in [6.45, 7) is -0.238. The van der Waals surface area contributed by atoms with E-state index >= 15 is 0 Å². The highest BCUT2D eigenvalue weighted by Gasteiger charge is 2.42. The standard InChI is InChI=1S/C14H17N3O4/c18-7-9-5-16-13(6-15-9)17-10-1-2-11(17)4-12(3-10)21-8-14(19)20/h5-7,10-12H,1-4,8H2,(H,19,20)/t10-,11+,12+. The zero-order valence-electron chi connectivity index (χ0n) is 11.5. The molecule has 3 heterocycles. The van der Waals surface area contributed by atoms with Crippen LogP contribution in [0.2, 0.25) is 0 Å². The van der Waals surface area contributed by atoms with Gasteiger partial charge >= 0.3 is 5.97 Å². The third kappa shape index (κ3) is 2.87. The monoisotopic (exact) mass is 291 g/mol. The average molecular weight is 291 g/mol. The Hall–Kier alpha value is -2.02. The molecule has 21 heavy (non-hydrogen) atoms. The first-order valence-electron chi connectivity index (χ1n) is 7.06. The van der Waals surface area contributed by atoms with Crippen LogP contribution in [-0.2, 0) is 9.53 Å². The molecule has 7 nitrogen and oxygen atoms in total. The quantitative estimate of drug-likeness (QED) is 0.805. The number of nitrogens with zero attached hydrogens (tertiary/aromatic N) is 3. The van der Waals surface area contributed by atoms with Gasteiger partial charge in [-0.05, 0) is 25.7 Å². The summed E-state index contributed by atoms with van der Waals surface area (Å²) < 4.78 is 5.44. The smallest absolute Gasteiger partial charge is 0.329 e. The van der Waals surface area contributed by atoms with Gasteiger partial charge in [0, 0.05) is 12.1 Å². The van der Waals surface area contributed by atoms with E-state index in [2.05, 4.69) is 14.9 Å². The van der Waals surface area contributed by atoms with Crippen molar-refractivity contribution >= 4 is 18.1 Å². The maximum Gasteiger partial charge on any atom is 0.329 e. The number of fused-ring (bicyclic) bond motifs is 2. The minimum atomic E-state index is -0.930. The molecule has 2 saturated heterocycles. The molecule has 3 atom stereocenters. The number of carboxylic acids is 1. The Morgan fingerprint density at radius 2 is 2.05 bits per heavy atom. The molecule has 2 aliphatic heterocycles. The summed E-state index contributed by atoms with van der Waals surface area (Å²) in [4.78, 5) is 31.8. The number of anilines is 1. The van der Waals surface area contributed by atoms with Crippen molar-refractivity contribution in [3.8, 4) is 0 Å². The van der Waals surface area contributed by atoms with E-state index in [0.29, 0.717) is 24.1 Å². The summed E-state index contributed by atoms with van der Waals surface area (Å²) in [6, 6.07) is 0.609. The lowest BCUT2D eigenvalue weighted by molar-refractivity contribution is -0.145. The molecule has 0 radical (unpaired) electrons. The molecule has 2 aliphatic rings. The van der Waals surface area contributed by atoms with Crippen molar-refractivity contribution in [1.82, 2.24) is 9.97 Å². The lowest BCUT2D eigenvalue weighted by atomic mass is 10.00. The third-order valence-corrected chi connectivity index (χ3v) is 4.18. The molecule has 7 heteroatoms. The molecule has 2 fully saturated rings. The number of aldehydes is 1. The molecule has 1 N–H and O–H groups in total. The molecule has 0 spiro atoms. The zero-order valence-corrected chi connectivity index (χ0v) is 11.5. The number of hydrogen-bond donors (Lipinski definition) is 1. The summed E-state index contributed by atoms with van der Waals surface area (Å²) in [5, 5.41) is 8.69. The summed E-state index contributed by atoms with van der Waals surface area (Å²) in [5.41, 5.74) is 0.325. The number of aromatic nitrogens is 2. The van der Waals surface area contributed by atoms with E-state index in [1.165, 1.54) is 6.20 Å². The summed E-state index contributed by atoms with van der Waals surface area (Å²) in [7, 11) is 0. The Morgan fingerprint density at radius 1 is 1.33 bits per heavy atom. The Bertz CT molecular complexity index is 520. The van der Waals surface area contributed by atoms with Crippen LogP contribution >= 0.6 is 0 Å². The number of aliphatic carboxylic acids is 1. The summed E-state index contributed by atoms with van der Waals surface area (Å²) in [5.74, 6) is -0.148. The van der Waals surface area contributed by atoms with Crippen molar-refractivity contribution in [2.45, 2.75) is 43.9 Å². The van der Waals surface area contributed by atoms with E-state index in [4.69, 9.17) is 9.84 Å². The number of carbonyl (C=O) groups is 2. The second kappa shape index (κ2) is 5.77. The molecule has 0 amide bonds. The van der Waals surface area contributed by atoms with E-state index in [-0.39, 0.29) is 12.7 Å². The fraction of sp³-hybridized carbons (Fsp3) is 0.571. The molecule has 112 valence electrons. The number of carboxylic acid groups (broad SMARTS) is 1. The molecule has 0 saturated carbocycles. The van der Waals surface area contributed by atoms with Gasteiger partial charge in [0.15, 0.2) is 6.29 Å². The molecule has 0 unspecified atom stereocenters. The number of rotatable bonds is 5. The van der Waals surface area contributed by atoms with Crippen LogP contribution in [0.1, 0.15) is 36.2 Å². The first-order chi connectivity index (χ1) is 10.2. The van der Waals surface area contributed by atoms with Crippen LogP contribution in [0.25, 0.3) is 0 Å². The first-order valence-corrected chi connectivity index (χ1v) is 7.06. The van der Waals surface area contributed by atoms with Gasteiger partial charge < -0.3 is 14.7 Å². The topological polar surface area (TPSA) is 92.6 Å². The van der Waals surface area contributed by atoms with Crippen LogP contribution in [0, 0.1) is 0 Å². The Balaban J connectivity index is 1.69. The molecule has 3 rings (SSSR count). The van der Waals surface area contributed by atoms with Crippen molar-refractivity contribution in [2.24, 2.45) is 0 Å². The largest absolute Gasteiger partial charge is 0.480 e. The van der Waals surface area contributed by atoms with Crippen LogP contribution in [0.4, 0.5) is 5.82 Å². The van der Waals surface area contributed by atoms with Gasteiger partial charge in [0.05, 0.1) is 18.5 Å². The molecule has 0 aromatic carbocycles. The lowest BCUT2D eigenvalue weighted by Gasteiger charge is -2.39. The van der Waals surface area contributed by atoms with Gasteiger partial charge in [-0.1, -0.05) is 0 Å². The van der Waals surface area contributed by atoms with Gasteiger partial charge in [-0.25, -0.2) is 14.8 Å². The maximum absolute atomic E-state index is 10.6. The lowest BCUT2D eigenvalue weighted by Crippen LogP contribution is -2.46. The summed E-state index contributed by atoms with van der Waals surface area (Å²) >= 11 is 0. The molecule has 1 aromatic heterocycles. The number of ether oxygens (including phenoxy) is 1. The SMILES string of the molecule is O=Cc1cnc(N2[C@@H]3CC[C@H]2C[C@@H](OCC(=O)O)C3)cn1. The van der Waals surface area contributed by atoms with Crippen LogP contribution in [-0.4, -0.2) is 52.1 Å². The van der Waals surface area contributed by atoms with Crippen molar-refractivity contribution in [3.63, 3.8) is 0 Å². The second-order valence-corrected chi connectivity index (χ2v) is 5.51. The molecular formula is C14H17N3O4. The fourth-order valence-corrected chi connectivity index (χ4v) is 3.35. The van der Waals surface area contributed by atoms with E-state index in [0.717, 1.165) is 31.5 Å². The van der Waals surface area contributed by atoms with Crippen LogP contribution in [0.15, 0.2) is 12.4 Å². The average Bonchev–Trinajstić information content (AvgIpc) is 2.76. The third-order valence-electron chi connectivity index (χ3n) is 4.18. The van der Waals surface area contributed by atoms with Gasteiger partial charge in [0.25, 0.3) is 0 Å². The predicted molar refractivity (Wildman–Crippen MR) is 73.3 cm³/mol. The molecule has 0 aliphatic carbocycles. The Labute approximate surface area is 121 Å². The van der Waals surface area contributed by atoms with Gasteiger partial charge in [-0.3, -0.25) is 4.79 Å². The van der Waals surface area contributed by atoms with Crippen LogP contribution in [0.5, 0.6) is 0 Å². The second-order valence-electron chi connectivity index (χ2n) is 5.51. The zero-order chi connectivity index (χ0) is 14.8. The minimum absolute atomic E-state index is 0.00272. The van der Waals surface area contributed by atoms with E-state index in [1.54, 1.807) is 6.20 Å². The molecule has 2 bridgehead atoms. The maximum atomic E-state index is 10.6. The minimum Gasteiger partial charge on any atom is -0.480 e. The van der Waals surface area contributed by atoms with Crippen LogP contribution in [0.3, 0.4) is 0 Å². The Morgan fingerprint density at radius 3 is 2.57 bits per heavy atom. The van der Waals surface area contributed by atoms with Crippen molar-refractivity contribution in [1.29, 1.82) is 0 Å². The number of piperidine rings is 1. The summed E-state index contributed by atoms with van der Waals surface area (Å²) in [6.07, 6.45) is 7.50. The first kappa shape index (κ1) is 13.9. The van der Waals surface area contributed by atoms with Gasteiger partial charge in [0.2, 0.25) is 0 Å². The van der Waals surface area contributed by atoms with E-state index in [9.17, 15) is 9.59 Å². The van der Waals surface area contributed by atoms with Gasteiger partial charge in [0.1, 0.15) is 18.1 Å². The normalized spacial score (nSPS) is 27.6. The van der Waals surface area contributed by atoms with E-state index in [1.807, 2.05) is 0 Å². The van der Waals surface area contributed by atoms with Gasteiger partial charge in [-0.15, -0.1) is 0 Å². The highest BCUT2D eigenvalue weighted by atomic mass is 16.5. The number of hydrogen-bond acceptors (Lipinski definition) is 6. The fourth-order valence-electron chi connectivity index (χ4n) is 3.35. The van der Waals surface area contributed by atoms with Gasteiger partial charge in [-0.2, -0.15) is 0 Å². The highest BCUT2D eigenvalue weighted by Crippen LogP contribution is 2.39. The van der Waals surface area contributed by atoms with Crippen molar-refractivity contribution in [2.75, 3.05) is 11.5 Å². The van der Waals surface area contributed by atoms with Crippen LogP contribution < -0.4 is 4.90 Å². The highest BCUT2D eigenvalue weighted by molar-refractivity contribution is 5.71.